The molecule has 4 nitrogen and oxygen atoms in total. The van der Waals surface area contributed by atoms with Gasteiger partial charge in [-0.15, -0.1) is 12.4 Å². The van der Waals surface area contributed by atoms with E-state index in [-0.39, 0.29) is 17.9 Å². The average molecular weight is 409 g/mol. The van der Waals surface area contributed by atoms with E-state index in [1.54, 1.807) is 0 Å². The third-order valence-corrected chi connectivity index (χ3v) is 6.18. The van der Waals surface area contributed by atoms with Crippen molar-refractivity contribution in [3.05, 3.63) is 41.0 Å². The molecule has 2 aliphatic rings. The number of nitrogens with zero attached hydrogens (tertiary/aromatic N) is 3. The monoisotopic (exact) mass is 408 g/mol. The number of hydrogen-bond acceptors (Lipinski definition) is 3. The Morgan fingerprint density at radius 2 is 2.00 bits per heavy atom. The lowest BCUT2D eigenvalue weighted by molar-refractivity contribution is 0.268. The van der Waals surface area contributed by atoms with Crippen molar-refractivity contribution in [3.8, 4) is 11.3 Å². The van der Waals surface area contributed by atoms with Crippen molar-refractivity contribution in [2.45, 2.75) is 45.7 Å². The van der Waals surface area contributed by atoms with Gasteiger partial charge >= 0.3 is 0 Å². The first-order valence-electron chi connectivity index (χ1n) is 9.63. The lowest BCUT2D eigenvalue weighted by Crippen LogP contribution is -2.29. The van der Waals surface area contributed by atoms with E-state index in [2.05, 4.69) is 47.9 Å². The maximum Gasteiger partial charge on any atom is 0.0983 e. The number of benzene rings is 1. The zero-order valence-corrected chi connectivity index (χ0v) is 18.0. The molecule has 1 aromatic carbocycles. The molecule has 27 heavy (non-hydrogen) atoms. The minimum absolute atomic E-state index is 0. The summed E-state index contributed by atoms with van der Waals surface area (Å²) < 4.78 is 2.09. The molecule has 0 saturated carbocycles. The summed E-state index contributed by atoms with van der Waals surface area (Å²) in [4.78, 5) is 2.59. The molecule has 3 heterocycles. The van der Waals surface area contributed by atoms with Gasteiger partial charge in [-0.05, 0) is 58.2 Å². The Morgan fingerprint density at radius 3 is 2.67 bits per heavy atom. The summed E-state index contributed by atoms with van der Waals surface area (Å²) in [6.45, 7) is 12.2. The number of rotatable bonds is 3. The standard InChI is InChI=1S/C21H29ClN4.ClH/c1-20(2,3)26-13-16(19(24-26)17-6-4-5-7-18(17)22)12-25-11-9-21(15-25)8-10-23-14-21;/h4-7,13,23H,8-12,14-15H2,1-3H3;1H. The first kappa shape index (κ1) is 20.7. The van der Waals surface area contributed by atoms with Crippen LogP contribution >= 0.6 is 24.0 Å². The van der Waals surface area contributed by atoms with E-state index < -0.39 is 0 Å². The van der Waals surface area contributed by atoms with E-state index in [0.717, 1.165) is 22.8 Å². The van der Waals surface area contributed by atoms with E-state index in [9.17, 15) is 0 Å². The molecule has 1 atom stereocenters. The molecule has 4 rings (SSSR count). The molecular weight excluding hydrogens is 379 g/mol. The van der Waals surface area contributed by atoms with Gasteiger partial charge in [-0.2, -0.15) is 5.10 Å². The van der Waals surface area contributed by atoms with E-state index in [1.807, 2.05) is 18.2 Å². The second-order valence-electron chi connectivity index (χ2n) is 8.99. The minimum Gasteiger partial charge on any atom is -0.316 e. The molecule has 0 aliphatic carbocycles. The number of aromatic nitrogens is 2. The van der Waals surface area contributed by atoms with E-state index in [1.165, 1.54) is 44.6 Å². The van der Waals surface area contributed by atoms with Crippen molar-refractivity contribution >= 4 is 24.0 Å². The molecule has 148 valence electrons. The molecule has 0 radical (unpaired) electrons. The molecule has 1 aromatic heterocycles. The first-order chi connectivity index (χ1) is 12.4. The molecule has 2 aromatic rings. The number of nitrogens with one attached hydrogen (secondary N) is 1. The van der Waals surface area contributed by atoms with Crippen LogP contribution in [-0.4, -0.2) is 40.9 Å². The van der Waals surface area contributed by atoms with Gasteiger partial charge in [0, 0.05) is 37.0 Å². The number of hydrogen-bond donors (Lipinski definition) is 1. The topological polar surface area (TPSA) is 33.1 Å². The maximum absolute atomic E-state index is 6.50. The fraction of sp³-hybridized carbons (Fsp3) is 0.571. The van der Waals surface area contributed by atoms with Crippen molar-refractivity contribution in [1.29, 1.82) is 0 Å². The van der Waals surface area contributed by atoms with Gasteiger partial charge in [0.25, 0.3) is 0 Å². The van der Waals surface area contributed by atoms with Crippen LogP contribution in [0.1, 0.15) is 39.2 Å². The molecule has 0 bridgehead atoms. The second kappa shape index (κ2) is 7.75. The summed E-state index contributed by atoms with van der Waals surface area (Å²) in [5, 5.41) is 9.25. The first-order valence-corrected chi connectivity index (χ1v) is 10.0. The zero-order chi connectivity index (χ0) is 18.4. The van der Waals surface area contributed by atoms with Crippen molar-refractivity contribution in [1.82, 2.24) is 20.0 Å². The lowest BCUT2D eigenvalue weighted by atomic mass is 9.86. The Balaban J connectivity index is 0.00000210. The molecule has 6 heteroatoms. The van der Waals surface area contributed by atoms with E-state index >= 15 is 0 Å². The SMILES string of the molecule is CC(C)(C)n1cc(CN2CCC3(CCNC3)C2)c(-c2ccccc2Cl)n1.Cl. The van der Waals surface area contributed by atoms with Crippen LogP contribution in [0.2, 0.25) is 5.02 Å². The van der Waals surface area contributed by atoms with Crippen LogP contribution in [0.5, 0.6) is 0 Å². The van der Waals surface area contributed by atoms with Crippen LogP contribution in [0.4, 0.5) is 0 Å². The highest BCUT2D eigenvalue weighted by atomic mass is 35.5. The average Bonchev–Trinajstić information content (AvgIpc) is 3.30. The van der Waals surface area contributed by atoms with Crippen LogP contribution < -0.4 is 5.32 Å². The van der Waals surface area contributed by atoms with Crippen LogP contribution in [0, 0.1) is 5.41 Å². The number of halogens is 2. The van der Waals surface area contributed by atoms with Crippen molar-refractivity contribution in [2.24, 2.45) is 5.41 Å². The van der Waals surface area contributed by atoms with Crippen LogP contribution in [-0.2, 0) is 12.1 Å². The van der Waals surface area contributed by atoms with Crippen molar-refractivity contribution < 1.29 is 0 Å². The molecule has 2 fully saturated rings. The maximum atomic E-state index is 6.50. The van der Waals surface area contributed by atoms with Gasteiger partial charge in [0.05, 0.1) is 16.3 Å². The molecule has 1 spiro atoms. The smallest absolute Gasteiger partial charge is 0.0983 e. The predicted octanol–water partition coefficient (Wildman–Crippen LogP) is 4.57. The fourth-order valence-corrected chi connectivity index (χ4v) is 4.52. The van der Waals surface area contributed by atoms with E-state index in [0.29, 0.717) is 5.41 Å². The zero-order valence-electron chi connectivity index (χ0n) is 16.5. The Labute approximate surface area is 173 Å². The fourth-order valence-electron chi connectivity index (χ4n) is 4.30. The molecular formula is C21H30Cl2N4. The Bertz CT molecular complexity index is 788. The van der Waals surface area contributed by atoms with Crippen LogP contribution in [0.3, 0.4) is 0 Å². The summed E-state index contributed by atoms with van der Waals surface area (Å²) in [6, 6.07) is 8.04. The third kappa shape index (κ3) is 4.19. The molecule has 0 amide bonds. The Morgan fingerprint density at radius 1 is 1.22 bits per heavy atom. The second-order valence-corrected chi connectivity index (χ2v) is 9.39. The highest BCUT2D eigenvalue weighted by molar-refractivity contribution is 6.33. The van der Waals surface area contributed by atoms with Gasteiger partial charge in [0.1, 0.15) is 0 Å². The third-order valence-electron chi connectivity index (χ3n) is 5.85. The van der Waals surface area contributed by atoms with Gasteiger partial charge in [0.2, 0.25) is 0 Å². The lowest BCUT2D eigenvalue weighted by Gasteiger charge is -2.23. The number of likely N-dealkylation sites (tertiary alicyclic amines) is 1. The minimum atomic E-state index is -0.0458. The van der Waals surface area contributed by atoms with Gasteiger partial charge < -0.3 is 5.32 Å². The highest BCUT2D eigenvalue weighted by Crippen LogP contribution is 2.38. The summed E-state index contributed by atoms with van der Waals surface area (Å²) in [5.74, 6) is 0. The van der Waals surface area contributed by atoms with Gasteiger partial charge in [-0.25, -0.2) is 0 Å². The summed E-state index contributed by atoms with van der Waals surface area (Å²) in [6.07, 6.45) is 4.83. The Kier molecular flexibility index (Phi) is 5.93. The predicted molar refractivity (Wildman–Crippen MR) is 115 cm³/mol. The highest BCUT2D eigenvalue weighted by Gasteiger charge is 2.40. The van der Waals surface area contributed by atoms with Gasteiger partial charge in [0.15, 0.2) is 0 Å². The van der Waals surface area contributed by atoms with Crippen LogP contribution in [0.25, 0.3) is 11.3 Å². The van der Waals surface area contributed by atoms with Crippen molar-refractivity contribution in [2.75, 3.05) is 26.2 Å². The largest absolute Gasteiger partial charge is 0.316 e. The summed E-state index contributed by atoms with van der Waals surface area (Å²) in [5.41, 5.74) is 3.77. The Hall–Kier alpha value is -1.07. The van der Waals surface area contributed by atoms with Gasteiger partial charge in [-0.3, -0.25) is 9.58 Å². The van der Waals surface area contributed by atoms with Crippen molar-refractivity contribution in [3.63, 3.8) is 0 Å². The summed E-state index contributed by atoms with van der Waals surface area (Å²) in [7, 11) is 0. The molecule has 1 N–H and O–H groups in total. The molecule has 2 aliphatic heterocycles. The van der Waals surface area contributed by atoms with E-state index in [4.69, 9.17) is 16.7 Å². The van der Waals surface area contributed by atoms with Crippen LogP contribution in [0.15, 0.2) is 30.5 Å². The molecule has 2 saturated heterocycles. The molecule has 1 unspecified atom stereocenters. The normalized spacial score (nSPS) is 23.1. The quantitative estimate of drug-likeness (QED) is 0.807. The van der Waals surface area contributed by atoms with Gasteiger partial charge in [-0.1, -0.05) is 29.8 Å². The summed E-state index contributed by atoms with van der Waals surface area (Å²) >= 11 is 6.50.